The van der Waals surface area contributed by atoms with Crippen LogP contribution in [0.25, 0.3) is 0 Å². The minimum atomic E-state index is 0.253. The lowest BCUT2D eigenvalue weighted by Gasteiger charge is -2.21. The molecule has 0 aliphatic carbocycles. The summed E-state index contributed by atoms with van der Waals surface area (Å²) in [6.07, 6.45) is 0.899. The van der Waals surface area contributed by atoms with Gasteiger partial charge in [-0.05, 0) is 30.2 Å². The third-order valence-corrected chi connectivity index (χ3v) is 4.19. The smallest absolute Gasteiger partial charge is 0.123 e. The van der Waals surface area contributed by atoms with Crippen LogP contribution in [0.15, 0.2) is 84.9 Å². The summed E-state index contributed by atoms with van der Waals surface area (Å²) in [5.74, 6) is 1.19. The van der Waals surface area contributed by atoms with E-state index in [1.165, 1.54) is 16.7 Å². The second-order valence-corrected chi connectivity index (χ2v) is 5.85. The maximum Gasteiger partial charge on any atom is 0.123 e. The maximum absolute atomic E-state index is 6.13. The Kier molecular flexibility index (Phi) is 5.65. The first-order chi connectivity index (χ1) is 11.9. The highest BCUT2D eigenvalue weighted by atomic mass is 16.5. The van der Waals surface area contributed by atoms with Crippen LogP contribution in [-0.2, 0) is 6.61 Å². The lowest BCUT2D eigenvalue weighted by atomic mass is 9.88. The summed E-state index contributed by atoms with van der Waals surface area (Å²) in [7, 11) is 0. The predicted molar refractivity (Wildman–Crippen MR) is 99.2 cm³/mol. The Morgan fingerprint density at radius 2 is 1.38 bits per heavy atom. The van der Waals surface area contributed by atoms with E-state index in [0.29, 0.717) is 13.2 Å². The van der Waals surface area contributed by atoms with E-state index in [9.17, 15) is 0 Å². The standard InChI is InChI=1S/C22H23NO/c23-16-15-20(19-11-5-2-6-12-19)21-13-7-8-14-22(21)24-17-18-9-3-1-4-10-18/h1-14,20H,15-17,23H2. The van der Waals surface area contributed by atoms with Crippen LogP contribution in [0.1, 0.15) is 29.0 Å². The SMILES string of the molecule is NCCC(c1ccccc1)c1ccccc1OCc1ccccc1. The van der Waals surface area contributed by atoms with Crippen molar-refractivity contribution in [3.8, 4) is 5.75 Å². The molecule has 0 heterocycles. The molecular weight excluding hydrogens is 294 g/mol. The predicted octanol–water partition coefficient (Wildman–Crippen LogP) is 4.75. The Hall–Kier alpha value is -2.58. The number of rotatable bonds is 7. The van der Waals surface area contributed by atoms with Gasteiger partial charge in [-0.2, -0.15) is 0 Å². The van der Waals surface area contributed by atoms with Gasteiger partial charge in [-0.3, -0.25) is 0 Å². The molecule has 0 fully saturated rings. The van der Waals surface area contributed by atoms with Gasteiger partial charge in [0.1, 0.15) is 12.4 Å². The zero-order chi connectivity index (χ0) is 16.6. The van der Waals surface area contributed by atoms with E-state index in [2.05, 4.69) is 48.5 Å². The van der Waals surface area contributed by atoms with E-state index >= 15 is 0 Å². The van der Waals surface area contributed by atoms with Gasteiger partial charge in [0.25, 0.3) is 0 Å². The second kappa shape index (κ2) is 8.32. The summed E-state index contributed by atoms with van der Waals surface area (Å²) in [5, 5.41) is 0. The van der Waals surface area contributed by atoms with Crippen LogP contribution >= 0.6 is 0 Å². The molecule has 0 saturated heterocycles. The molecule has 0 aliphatic rings. The van der Waals surface area contributed by atoms with Crippen molar-refractivity contribution in [2.75, 3.05) is 6.54 Å². The number of benzene rings is 3. The highest BCUT2D eigenvalue weighted by molar-refractivity contribution is 5.42. The Balaban J connectivity index is 1.86. The van der Waals surface area contributed by atoms with Crippen molar-refractivity contribution in [3.05, 3.63) is 102 Å². The molecule has 0 aliphatic heterocycles. The molecule has 3 aromatic carbocycles. The van der Waals surface area contributed by atoms with E-state index in [0.717, 1.165) is 12.2 Å². The van der Waals surface area contributed by atoms with Gasteiger partial charge >= 0.3 is 0 Å². The Morgan fingerprint density at radius 3 is 2.08 bits per heavy atom. The monoisotopic (exact) mass is 317 g/mol. The molecule has 3 aromatic rings. The Bertz CT molecular complexity index is 740. The summed E-state index contributed by atoms with van der Waals surface area (Å²) in [4.78, 5) is 0. The minimum Gasteiger partial charge on any atom is -0.489 e. The van der Waals surface area contributed by atoms with E-state index < -0.39 is 0 Å². The number of nitrogens with two attached hydrogens (primary N) is 1. The summed E-state index contributed by atoms with van der Waals surface area (Å²) >= 11 is 0. The van der Waals surface area contributed by atoms with Gasteiger partial charge in [0.05, 0.1) is 0 Å². The minimum absolute atomic E-state index is 0.253. The zero-order valence-corrected chi connectivity index (χ0v) is 13.8. The van der Waals surface area contributed by atoms with Gasteiger partial charge in [0.15, 0.2) is 0 Å². The van der Waals surface area contributed by atoms with Gasteiger partial charge in [0, 0.05) is 11.5 Å². The topological polar surface area (TPSA) is 35.2 Å². The quantitative estimate of drug-likeness (QED) is 0.682. The zero-order valence-electron chi connectivity index (χ0n) is 13.8. The van der Waals surface area contributed by atoms with Crippen molar-refractivity contribution in [1.82, 2.24) is 0 Å². The summed E-state index contributed by atoms with van der Waals surface area (Å²) in [5.41, 5.74) is 9.52. The van der Waals surface area contributed by atoms with Gasteiger partial charge < -0.3 is 10.5 Å². The summed E-state index contributed by atoms with van der Waals surface area (Å²) < 4.78 is 6.13. The third kappa shape index (κ3) is 4.03. The highest BCUT2D eigenvalue weighted by Gasteiger charge is 2.17. The molecule has 0 amide bonds. The molecule has 122 valence electrons. The fourth-order valence-electron chi connectivity index (χ4n) is 2.99. The molecule has 0 aromatic heterocycles. The average Bonchev–Trinajstić information content (AvgIpc) is 2.66. The Morgan fingerprint density at radius 1 is 0.750 bits per heavy atom. The van der Waals surface area contributed by atoms with Crippen LogP contribution < -0.4 is 10.5 Å². The molecule has 1 unspecified atom stereocenters. The molecule has 0 radical (unpaired) electrons. The number of para-hydroxylation sites is 1. The van der Waals surface area contributed by atoms with Crippen molar-refractivity contribution < 1.29 is 4.74 Å². The van der Waals surface area contributed by atoms with E-state index in [1.807, 2.05) is 36.4 Å². The Labute approximate surface area is 143 Å². The first-order valence-corrected chi connectivity index (χ1v) is 8.39. The van der Waals surface area contributed by atoms with Crippen molar-refractivity contribution in [2.45, 2.75) is 18.9 Å². The number of ether oxygens (including phenoxy) is 1. The molecular formula is C22H23NO. The van der Waals surface area contributed by atoms with Crippen molar-refractivity contribution in [1.29, 1.82) is 0 Å². The summed E-state index contributed by atoms with van der Waals surface area (Å²) in [6, 6.07) is 29.0. The lowest BCUT2D eigenvalue weighted by Crippen LogP contribution is -2.10. The lowest BCUT2D eigenvalue weighted by molar-refractivity contribution is 0.301. The molecule has 1 atom stereocenters. The molecule has 2 nitrogen and oxygen atoms in total. The first kappa shape index (κ1) is 16.3. The maximum atomic E-state index is 6.13. The molecule has 0 saturated carbocycles. The molecule has 2 N–H and O–H groups in total. The van der Waals surface area contributed by atoms with Gasteiger partial charge in [-0.25, -0.2) is 0 Å². The molecule has 3 rings (SSSR count). The normalized spacial score (nSPS) is 11.9. The third-order valence-electron chi connectivity index (χ3n) is 4.19. The fraction of sp³-hybridized carbons (Fsp3) is 0.182. The van der Waals surface area contributed by atoms with Crippen LogP contribution in [0.3, 0.4) is 0 Å². The van der Waals surface area contributed by atoms with Crippen LogP contribution in [0.2, 0.25) is 0 Å². The van der Waals surface area contributed by atoms with E-state index in [4.69, 9.17) is 10.5 Å². The van der Waals surface area contributed by atoms with Gasteiger partial charge in [-0.1, -0.05) is 78.9 Å². The largest absolute Gasteiger partial charge is 0.489 e. The molecule has 0 bridgehead atoms. The first-order valence-electron chi connectivity index (χ1n) is 8.39. The number of hydrogen-bond donors (Lipinski definition) is 1. The number of hydrogen-bond acceptors (Lipinski definition) is 2. The molecule has 24 heavy (non-hydrogen) atoms. The van der Waals surface area contributed by atoms with Gasteiger partial charge in [-0.15, -0.1) is 0 Å². The van der Waals surface area contributed by atoms with Crippen molar-refractivity contribution in [2.24, 2.45) is 5.73 Å². The molecule has 2 heteroatoms. The van der Waals surface area contributed by atoms with E-state index in [-0.39, 0.29) is 5.92 Å². The average molecular weight is 317 g/mol. The van der Waals surface area contributed by atoms with Crippen molar-refractivity contribution in [3.63, 3.8) is 0 Å². The van der Waals surface area contributed by atoms with Crippen LogP contribution in [0, 0.1) is 0 Å². The van der Waals surface area contributed by atoms with E-state index in [1.54, 1.807) is 0 Å². The molecule has 0 spiro atoms. The van der Waals surface area contributed by atoms with Crippen LogP contribution in [0.5, 0.6) is 5.75 Å². The van der Waals surface area contributed by atoms with Crippen molar-refractivity contribution >= 4 is 0 Å². The van der Waals surface area contributed by atoms with Crippen LogP contribution in [0.4, 0.5) is 0 Å². The summed E-state index contributed by atoms with van der Waals surface area (Å²) in [6.45, 7) is 1.22. The second-order valence-electron chi connectivity index (χ2n) is 5.85. The van der Waals surface area contributed by atoms with Gasteiger partial charge in [0.2, 0.25) is 0 Å². The highest BCUT2D eigenvalue weighted by Crippen LogP contribution is 2.34. The fourth-order valence-corrected chi connectivity index (χ4v) is 2.99. The van der Waals surface area contributed by atoms with Crippen LogP contribution in [-0.4, -0.2) is 6.54 Å².